The molecule has 0 amide bonds. The van der Waals surface area contributed by atoms with Gasteiger partial charge in [-0.2, -0.15) is 0 Å². The Labute approximate surface area is 113 Å². The smallest absolute Gasteiger partial charge is 0.0700 e. The van der Waals surface area contributed by atoms with Crippen LogP contribution in [0.2, 0.25) is 0 Å². The zero-order valence-corrected chi connectivity index (χ0v) is 12.7. The fourth-order valence-electron chi connectivity index (χ4n) is 2.44. The van der Waals surface area contributed by atoms with E-state index < -0.39 is 0 Å². The molecule has 0 aliphatic heterocycles. The van der Waals surface area contributed by atoms with Crippen molar-refractivity contribution in [3.63, 3.8) is 0 Å². The van der Waals surface area contributed by atoms with E-state index in [0.29, 0.717) is 12.0 Å². The molecule has 1 aliphatic rings. The van der Waals surface area contributed by atoms with Crippen LogP contribution in [0.5, 0.6) is 0 Å². The van der Waals surface area contributed by atoms with Gasteiger partial charge < -0.3 is 14.8 Å². The van der Waals surface area contributed by atoms with Gasteiger partial charge in [0.2, 0.25) is 0 Å². The largest absolute Gasteiger partial charge is 0.382 e. The van der Waals surface area contributed by atoms with Crippen molar-refractivity contribution in [2.24, 2.45) is 5.41 Å². The molecule has 0 atom stereocenters. The zero-order chi connectivity index (χ0) is 13.5. The highest BCUT2D eigenvalue weighted by atomic mass is 16.5. The highest BCUT2D eigenvalue weighted by Crippen LogP contribution is 2.44. The van der Waals surface area contributed by atoms with E-state index in [-0.39, 0.29) is 5.54 Å². The fourth-order valence-corrected chi connectivity index (χ4v) is 2.44. The first-order valence-corrected chi connectivity index (χ1v) is 7.29. The predicted molar refractivity (Wildman–Crippen MR) is 76.0 cm³/mol. The molecule has 3 heteroatoms. The van der Waals surface area contributed by atoms with E-state index in [1.807, 2.05) is 0 Å². The molecule has 0 radical (unpaired) electrons. The molecule has 0 aromatic rings. The van der Waals surface area contributed by atoms with Crippen LogP contribution in [0, 0.1) is 5.41 Å². The third kappa shape index (κ3) is 6.17. The number of ether oxygens (including phenoxy) is 2. The van der Waals surface area contributed by atoms with Crippen LogP contribution in [-0.2, 0) is 9.47 Å². The fraction of sp³-hybridized carbons (Fsp3) is 1.00. The molecular weight excluding hydrogens is 226 g/mol. The number of hydrogen-bond donors (Lipinski definition) is 1. The molecular formula is C15H31NO2. The van der Waals surface area contributed by atoms with Crippen LogP contribution in [-0.4, -0.2) is 39.0 Å². The summed E-state index contributed by atoms with van der Waals surface area (Å²) >= 11 is 0. The van der Waals surface area contributed by atoms with Crippen molar-refractivity contribution in [1.29, 1.82) is 0 Å². The number of hydrogen-bond acceptors (Lipinski definition) is 3. The van der Waals surface area contributed by atoms with Crippen molar-refractivity contribution in [1.82, 2.24) is 5.32 Å². The first-order chi connectivity index (χ1) is 8.47. The van der Waals surface area contributed by atoms with E-state index in [4.69, 9.17) is 9.47 Å². The number of methoxy groups -OCH3 is 1. The van der Waals surface area contributed by atoms with Gasteiger partial charge in [-0.25, -0.2) is 0 Å². The van der Waals surface area contributed by atoms with Crippen LogP contribution in [0.1, 0.15) is 52.9 Å². The van der Waals surface area contributed by atoms with Gasteiger partial charge in [0.05, 0.1) is 13.2 Å². The summed E-state index contributed by atoms with van der Waals surface area (Å²) in [6, 6.07) is 0. The Morgan fingerprint density at radius 1 is 1.11 bits per heavy atom. The van der Waals surface area contributed by atoms with Crippen LogP contribution >= 0.6 is 0 Å². The summed E-state index contributed by atoms with van der Waals surface area (Å²) in [6.45, 7) is 10.2. The van der Waals surface area contributed by atoms with E-state index in [1.54, 1.807) is 7.11 Å². The lowest BCUT2D eigenvalue weighted by molar-refractivity contribution is 0.0499. The van der Waals surface area contributed by atoms with Gasteiger partial charge in [0.1, 0.15) is 0 Å². The molecule has 1 aliphatic carbocycles. The van der Waals surface area contributed by atoms with Crippen molar-refractivity contribution in [2.75, 3.05) is 33.5 Å². The second kappa shape index (κ2) is 7.46. The van der Waals surface area contributed by atoms with Gasteiger partial charge in [-0.3, -0.25) is 0 Å². The molecule has 0 spiro atoms. The van der Waals surface area contributed by atoms with E-state index in [2.05, 4.69) is 26.1 Å². The van der Waals surface area contributed by atoms with Gasteiger partial charge in [0, 0.05) is 25.8 Å². The summed E-state index contributed by atoms with van der Waals surface area (Å²) in [6.07, 6.45) is 6.64. The summed E-state index contributed by atoms with van der Waals surface area (Å²) in [7, 11) is 1.71. The van der Waals surface area contributed by atoms with Crippen molar-refractivity contribution in [2.45, 2.75) is 58.4 Å². The topological polar surface area (TPSA) is 30.5 Å². The molecule has 0 aromatic carbocycles. The molecule has 0 unspecified atom stereocenters. The average Bonchev–Trinajstić information content (AvgIpc) is 2.23. The predicted octanol–water partition coefficient (Wildman–Crippen LogP) is 2.99. The zero-order valence-electron chi connectivity index (χ0n) is 12.7. The van der Waals surface area contributed by atoms with E-state index >= 15 is 0 Å². The minimum Gasteiger partial charge on any atom is -0.382 e. The summed E-state index contributed by atoms with van der Waals surface area (Å²) < 4.78 is 10.5. The Kier molecular flexibility index (Phi) is 6.61. The number of rotatable bonds is 9. The molecule has 1 N–H and O–H groups in total. The van der Waals surface area contributed by atoms with Crippen LogP contribution in [0.4, 0.5) is 0 Å². The summed E-state index contributed by atoms with van der Waals surface area (Å²) in [5.74, 6) is 0. The Morgan fingerprint density at radius 3 is 2.33 bits per heavy atom. The second-order valence-corrected chi connectivity index (χ2v) is 6.67. The van der Waals surface area contributed by atoms with Crippen molar-refractivity contribution >= 4 is 0 Å². The normalized spacial score (nSPS) is 18.7. The maximum absolute atomic E-state index is 5.54. The lowest BCUT2D eigenvalue weighted by Crippen LogP contribution is -2.47. The average molecular weight is 257 g/mol. The summed E-state index contributed by atoms with van der Waals surface area (Å²) in [5.41, 5.74) is 0.787. The van der Waals surface area contributed by atoms with Crippen LogP contribution in [0.3, 0.4) is 0 Å². The van der Waals surface area contributed by atoms with E-state index in [1.165, 1.54) is 32.1 Å². The van der Waals surface area contributed by atoms with Crippen molar-refractivity contribution in [3.8, 4) is 0 Å². The quantitative estimate of drug-likeness (QED) is 0.644. The van der Waals surface area contributed by atoms with Crippen LogP contribution in [0.25, 0.3) is 0 Å². The molecule has 108 valence electrons. The highest BCUT2D eigenvalue weighted by Gasteiger charge is 2.36. The van der Waals surface area contributed by atoms with Gasteiger partial charge >= 0.3 is 0 Å². The van der Waals surface area contributed by atoms with Gasteiger partial charge in [-0.15, -0.1) is 0 Å². The molecule has 0 saturated heterocycles. The van der Waals surface area contributed by atoms with Gasteiger partial charge in [-0.1, -0.05) is 6.42 Å². The third-order valence-electron chi connectivity index (χ3n) is 3.84. The molecule has 0 bridgehead atoms. The van der Waals surface area contributed by atoms with Crippen LogP contribution < -0.4 is 5.32 Å². The first-order valence-electron chi connectivity index (χ1n) is 7.29. The van der Waals surface area contributed by atoms with E-state index in [0.717, 1.165) is 19.8 Å². The lowest BCUT2D eigenvalue weighted by Gasteiger charge is -2.44. The van der Waals surface area contributed by atoms with Crippen LogP contribution in [0.15, 0.2) is 0 Å². The van der Waals surface area contributed by atoms with Crippen molar-refractivity contribution in [3.05, 3.63) is 0 Å². The second-order valence-electron chi connectivity index (χ2n) is 6.67. The first kappa shape index (κ1) is 15.9. The van der Waals surface area contributed by atoms with Gasteiger partial charge in [0.15, 0.2) is 0 Å². The monoisotopic (exact) mass is 257 g/mol. The summed E-state index contributed by atoms with van der Waals surface area (Å²) in [5, 5.41) is 3.67. The molecule has 1 fully saturated rings. The Balaban J connectivity index is 2.12. The maximum Gasteiger partial charge on any atom is 0.0700 e. The van der Waals surface area contributed by atoms with E-state index in [9.17, 15) is 0 Å². The number of nitrogens with one attached hydrogen (secondary N) is 1. The minimum atomic E-state index is 0.234. The third-order valence-corrected chi connectivity index (χ3v) is 3.84. The SMILES string of the molecule is COCCOCCCC1(CNC(C)(C)C)CCC1. The maximum atomic E-state index is 5.54. The lowest BCUT2D eigenvalue weighted by atomic mass is 9.66. The molecule has 1 rings (SSSR count). The molecule has 18 heavy (non-hydrogen) atoms. The minimum absolute atomic E-state index is 0.234. The highest BCUT2D eigenvalue weighted by molar-refractivity contribution is 4.91. The molecule has 0 aromatic heterocycles. The standard InChI is InChI=1S/C15H31NO2/c1-14(2,3)16-13-15(7-5-8-15)9-6-10-18-12-11-17-4/h16H,5-13H2,1-4H3. The summed E-state index contributed by atoms with van der Waals surface area (Å²) in [4.78, 5) is 0. The van der Waals surface area contributed by atoms with Gasteiger partial charge in [0.25, 0.3) is 0 Å². The molecule has 3 nitrogen and oxygen atoms in total. The Morgan fingerprint density at radius 2 is 1.83 bits per heavy atom. The molecule has 0 heterocycles. The Hall–Kier alpha value is -0.120. The van der Waals surface area contributed by atoms with Gasteiger partial charge in [-0.05, 0) is 51.9 Å². The Bertz CT molecular complexity index is 219. The van der Waals surface area contributed by atoms with Crippen molar-refractivity contribution < 1.29 is 9.47 Å². The molecule has 1 saturated carbocycles.